The highest BCUT2D eigenvalue weighted by molar-refractivity contribution is 9.10. The summed E-state index contributed by atoms with van der Waals surface area (Å²) in [7, 11) is 0. The number of fused-ring (bicyclic) bond motifs is 1. The second-order valence-corrected chi connectivity index (χ2v) is 6.04. The van der Waals surface area contributed by atoms with Gasteiger partial charge in [-0.3, -0.25) is 4.98 Å². The molecule has 6 heteroatoms. The molecule has 20 heavy (non-hydrogen) atoms. The molecule has 0 saturated carbocycles. The van der Waals surface area contributed by atoms with E-state index >= 15 is 0 Å². The Morgan fingerprint density at radius 1 is 1.20 bits per heavy atom. The monoisotopic (exact) mass is 349 g/mol. The smallest absolute Gasteiger partial charge is 0.141 e. The Balaban J connectivity index is 2.13. The van der Waals surface area contributed by atoms with Gasteiger partial charge in [0.25, 0.3) is 0 Å². The number of nitrogen functional groups attached to an aromatic ring is 1. The molecule has 0 aliphatic carbocycles. The van der Waals surface area contributed by atoms with Crippen LogP contribution in [0.1, 0.15) is 0 Å². The van der Waals surface area contributed by atoms with Gasteiger partial charge in [0, 0.05) is 27.9 Å². The van der Waals surface area contributed by atoms with Crippen LogP contribution in [0.4, 0.5) is 10.1 Å². The van der Waals surface area contributed by atoms with Crippen molar-refractivity contribution in [2.45, 2.75) is 9.92 Å². The van der Waals surface area contributed by atoms with E-state index in [1.54, 1.807) is 18.5 Å². The molecule has 0 saturated heterocycles. The highest BCUT2D eigenvalue weighted by Crippen LogP contribution is 2.36. The Labute approximate surface area is 127 Å². The third-order valence-corrected chi connectivity index (χ3v) is 4.25. The average molecular weight is 350 g/mol. The minimum absolute atomic E-state index is 0.386. The van der Waals surface area contributed by atoms with Gasteiger partial charge in [0.1, 0.15) is 10.8 Å². The summed E-state index contributed by atoms with van der Waals surface area (Å²) in [4.78, 5) is 8.91. The third-order valence-electron chi connectivity index (χ3n) is 2.74. The lowest BCUT2D eigenvalue weighted by atomic mass is 10.2. The largest absolute Gasteiger partial charge is 0.398 e. The van der Waals surface area contributed by atoms with Crippen LogP contribution in [0, 0.1) is 5.82 Å². The summed E-state index contributed by atoms with van der Waals surface area (Å²) in [5.41, 5.74) is 6.77. The average Bonchev–Trinajstić information content (AvgIpc) is 2.45. The zero-order valence-electron chi connectivity index (χ0n) is 10.2. The van der Waals surface area contributed by atoms with Crippen molar-refractivity contribution in [2.24, 2.45) is 0 Å². The molecule has 2 N–H and O–H groups in total. The highest BCUT2D eigenvalue weighted by atomic mass is 79.9. The van der Waals surface area contributed by atoms with E-state index in [1.165, 1.54) is 17.8 Å². The maximum absolute atomic E-state index is 14.2. The molecule has 0 atom stereocenters. The number of hydrogen-bond donors (Lipinski definition) is 1. The van der Waals surface area contributed by atoms with Crippen molar-refractivity contribution in [1.82, 2.24) is 9.97 Å². The first kappa shape index (κ1) is 13.3. The number of nitrogens with zero attached hydrogens (tertiary/aromatic N) is 2. The van der Waals surface area contributed by atoms with E-state index in [0.717, 1.165) is 9.86 Å². The van der Waals surface area contributed by atoms with Crippen LogP contribution >= 0.6 is 27.7 Å². The van der Waals surface area contributed by atoms with Crippen molar-refractivity contribution in [3.05, 3.63) is 53.0 Å². The van der Waals surface area contributed by atoms with Crippen LogP contribution in [0.5, 0.6) is 0 Å². The van der Waals surface area contributed by atoms with E-state index < -0.39 is 0 Å². The van der Waals surface area contributed by atoms with Gasteiger partial charge < -0.3 is 5.73 Å². The number of benzene rings is 1. The van der Waals surface area contributed by atoms with Crippen LogP contribution in [-0.2, 0) is 0 Å². The summed E-state index contributed by atoms with van der Waals surface area (Å²) in [6, 6.07) is 8.61. The Hall–Kier alpha value is -1.66. The van der Waals surface area contributed by atoms with Crippen LogP contribution < -0.4 is 5.73 Å². The number of pyridine rings is 2. The molecule has 3 rings (SSSR count). The van der Waals surface area contributed by atoms with Crippen molar-refractivity contribution < 1.29 is 4.39 Å². The van der Waals surface area contributed by atoms with Crippen LogP contribution in [0.25, 0.3) is 10.9 Å². The lowest BCUT2D eigenvalue weighted by Crippen LogP contribution is -1.94. The molecule has 0 spiro atoms. The van der Waals surface area contributed by atoms with Gasteiger partial charge in [-0.25, -0.2) is 9.37 Å². The van der Waals surface area contributed by atoms with Crippen LogP contribution in [0.3, 0.4) is 0 Å². The number of anilines is 1. The molecule has 2 heterocycles. The normalized spacial score (nSPS) is 10.9. The minimum Gasteiger partial charge on any atom is -0.398 e. The predicted molar refractivity (Wildman–Crippen MR) is 82.2 cm³/mol. The molecular weight excluding hydrogens is 341 g/mol. The highest BCUT2D eigenvalue weighted by Gasteiger charge is 2.13. The molecule has 0 unspecified atom stereocenters. The van der Waals surface area contributed by atoms with Crippen LogP contribution in [0.15, 0.2) is 57.1 Å². The summed E-state index contributed by atoms with van der Waals surface area (Å²) >= 11 is 4.56. The van der Waals surface area contributed by atoms with Gasteiger partial charge in [-0.1, -0.05) is 11.8 Å². The molecule has 100 valence electrons. The number of hydrogen-bond acceptors (Lipinski definition) is 4. The maximum atomic E-state index is 14.2. The summed E-state index contributed by atoms with van der Waals surface area (Å²) in [6.07, 6.45) is 3.30. The Morgan fingerprint density at radius 2 is 2.05 bits per heavy atom. The fourth-order valence-corrected chi connectivity index (χ4v) is 2.94. The summed E-state index contributed by atoms with van der Waals surface area (Å²) in [5, 5.41) is 1.44. The van der Waals surface area contributed by atoms with Gasteiger partial charge >= 0.3 is 0 Å². The van der Waals surface area contributed by atoms with E-state index in [9.17, 15) is 4.39 Å². The number of aromatic nitrogens is 2. The van der Waals surface area contributed by atoms with E-state index in [1.807, 2.05) is 18.2 Å². The van der Waals surface area contributed by atoms with Crippen molar-refractivity contribution in [3.63, 3.8) is 0 Å². The first-order valence-corrected chi connectivity index (χ1v) is 7.38. The van der Waals surface area contributed by atoms with Crippen molar-refractivity contribution in [3.8, 4) is 0 Å². The molecule has 3 nitrogen and oxygen atoms in total. The lowest BCUT2D eigenvalue weighted by molar-refractivity contribution is 0.605. The molecule has 0 bridgehead atoms. The number of halogens is 2. The third kappa shape index (κ3) is 2.48. The zero-order valence-corrected chi connectivity index (χ0v) is 12.6. The Morgan fingerprint density at radius 3 is 2.80 bits per heavy atom. The molecule has 2 aromatic heterocycles. The quantitative estimate of drug-likeness (QED) is 0.702. The first-order chi connectivity index (χ1) is 9.65. The molecule has 0 aliphatic rings. The summed E-state index contributed by atoms with van der Waals surface area (Å²) in [5.74, 6) is -0.386. The van der Waals surface area contributed by atoms with E-state index in [2.05, 4.69) is 25.9 Å². The Bertz CT molecular complexity index is 777. The van der Waals surface area contributed by atoms with Gasteiger partial charge in [0.15, 0.2) is 0 Å². The molecule has 0 aliphatic heterocycles. The van der Waals surface area contributed by atoms with E-state index in [0.29, 0.717) is 21.1 Å². The fourth-order valence-electron chi connectivity index (χ4n) is 1.84. The van der Waals surface area contributed by atoms with Crippen molar-refractivity contribution >= 4 is 44.3 Å². The molecule has 1 aromatic carbocycles. The predicted octanol–water partition coefficient (Wildman–Crippen LogP) is 4.26. The number of nitrogens with two attached hydrogens (primary N) is 1. The van der Waals surface area contributed by atoms with Crippen LogP contribution in [0.2, 0.25) is 0 Å². The molecule has 0 fully saturated rings. The maximum Gasteiger partial charge on any atom is 0.141 e. The Kier molecular flexibility index (Phi) is 3.58. The van der Waals surface area contributed by atoms with Crippen molar-refractivity contribution in [2.75, 3.05) is 5.73 Å². The zero-order chi connectivity index (χ0) is 14.1. The second-order valence-electron chi connectivity index (χ2n) is 4.09. The summed E-state index contributed by atoms with van der Waals surface area (Å²) < 4.78 is 15.0. The van der Waals surface area contributed by atoms with Gasteiger partial charge in [-0.2, -0.15) is 0 Å². The number of rotatable bonds is 2. The topological polar surface area (TPSA) is 51.8 Å². The lowest BCUT2D eigenvalue weighted by Gasteiger charge is -2.08. The van der Waals surface area contributed by atoms with Gasteiger partial charge in [-0.15, -0.1) is 0 Å². The molecule has 3 aromatic rings. The van der Waals surface area contributed by atoms with Gasteiger partial charge in [0.2, 0.25) is 0 Å². The second kappa shape index (κ2) is 5.38. The molecule has 0 radical (unpaired) electrons. The SMILES string of the molecule is Nc1cc(F)c(Sc2ccc(Br)cn2)c2ncccc12. The van der Waals surface area contributed by atoms with Crippen molar-refractivity contribution in [1.29, 1.82) is 0 Å². The standard InChI is InChI=1S/C14H9BrFN3S/c15-8-3-4-12(19-7-8)20-14-10(16)6-11(17)9-2-1-5-18-13(9)14/h1-7H,17H2. The minimum atomic E-state index is -0.386. The molecular formula is C14H9BrFN3S. The van der Waals surface area contributed by atoms with Gasteiger partial charge in [0.05, 0.1) is 10.4 Å². The first-order valence-electron chi connectivity index (χ1n) is 5.77. The fraction of sp³-hybridized carbons (Fsp3) is 0. The summed E-state index contributed by atoms with van der Waals surface area (Å²) in [6.45, 7) is 0. The van der Waals surface area contributed by atoms with Gasteiger partial charge in [-0.05, 0) is 46.3 Å². The van der Waals surface area contributed by atoms with E-state index in [4.69, 9.17) is 5.73 Å². The van der Waals surface area contributed by atoms with Crippen LogP contribution in [-0.4, -0.2) is 9.97 Å². The van der Waals surface area contributed by atoms with E-state index in [-0.39, 0.29) is 5.82 Å². The molecule has 0 amide bonds.